The summed E-state index contributed by atoms with van der Waals surface area (Å²) < 4.78 is 5.53. The lowest BCUT2D eigenvalue weighted by Gasteiger charge is -2.48. The van der Waals surface area contributed by atoms with Gasteiger partial charge in [-0.1, -0.05) is 42.6 Å². The second-order valence-corrected chi connectivity index (χ2v) is 6.44. The van der Waals surface area contributed by atoms with Gasteiger partial charge < -0.3 is 4.74 Å². The predicted octanol–water partition coefficient (Wildman–Crippen LogP) is 2.49. The van der Waals surface area contributed by atoms with Crippen LogP contribution in [0.4, 0.5) is 0 Å². The van der Waals surface area contributed by atoms with Gasteiger partial charge in [0.25, 0.3) is 0 Å². The molecule has 0 radical (unpaired) electrons. The average molecular weight is 310 g/mol. The number of nitrogens with zero attached hydrogens (tertiary/aromatic N) is 1. The summed E-state index contributed by atoms with van der Waals surface area (Å²) in [5.74, 6) is 5.98. The van der Waals surface area contributed by atoms with Crippen molar-refractivity contribution in [2.24, 2.45) is 5.84 Å². The summed E-state index contributed by atoms with van der Waals surface area (Å²) >= 11 is 6.44. The molecule has 116 valence electrons. The Morgan fingerprint density at radius 1 is 1.19 bits per heavy atom. The van der Waals surface area contributed by atoms with Crippen LogP contribution in [0.15, 0.2) is 24.3 Å². The first-order valence-corrected chi connectivity index (χ1v) is 8.19. The fourth-order valence-electron chi connectivity index (χ4n) is 4.03. The minimum absolute atomic E-state index is 0.0591. The van der Waals surface area contributed by atoms with Gasteiger partial charge in [-0.2, -0.15) is 0 Å². The molecule has 0 bridgehead atoms. The van der Waals surface area contributed by atoms with Crippen LogP contribution >= 0.6 is 11.6 Å². The molecule has 0 spiro atoms. The molecule has 1 aromatic carbocycles. The molecule has 0 amide bonds. The summed E-state index contributed by atoms with van der Waals surface area (Å²) in [4.78, 5) is 2.57. The summed E-state index contributed by atoms with van der Waals surface area (Å²) in [6, 6.07) is 8.10. The zero-order valence-corrected chi connectivity index (χ0v) is 13.1. The zero-order valence-electron chi connectivity index (χ0n) is 12.4. The Kier molecular flexibility index (Phi) is 4.82. The molecule has 5 heteroatoms. The minimum atomic E-state index is 0.0591. The molecule has 1 aliphatic heterocycles. The van der Waals surface area contributed by atoms with E-state index in [4.69, 9.17) is 22.2 Å². The Balaban J connectivity index is 1.96. The van der Waals surface area contributed by atoms with Crippen LogP contribution in [0, 0.1) is 0 Å². The van der Waals surface area contributed by atoms with Crippen molar-refractivity contribution in [2.75, 3.05) is 26.3 Å². The number of benzene rings is 1. The number of hydrogen-bond donors (Lipinski definition) is 2. The minimum Gasteiger partial charge on any atom is -0.379 e. The highest BCUT2D eigenvalue weighted by atomic mass is 35.5. The van der Waals surface area contributed by atoms with Crippen molar-refractivity contribution >= 4 is 11.6 Å². The number of ether oxygens (including phenoxy) is 1. The van der Waals surface area contributed by atoms with E-state index in [9.17, 15) is 0 Å². The van der Waals surface area contributed by atoms with E-state index in [2.05, 4.69) is 16.4 Å². The van der Waals surface area contributed by atoms with Crippen LogP contribution in [0.3, 0.4) is 0 Å². The van der Waals surface area contributed by atoms with Gasteiger partial charge in [0.05, 0.1) is 19.3 Å². The maximum atomic E-state index is 6.44. The maximum absolute atomic E-state index is 6.44. The number of nitrogens with two attached hydrogens (primary N) is 1. The molecule has 1 saturated heterocycles. The molecule has 3 N–H and O–H groups in total. The number of morpholine rings is 1. The summed E-state index contributed by atoms with van der Waals surface area (Å²) in [5, 5.41) is 0.792. The monoisotopic (exact) mass is 309 g/mol. The first-order chi connectivity index (χ1) is 10.3. The highest BCUT2D eigenvalue weighted by Crippen LogP contribution is 2.45. The average Bonchev–Trinajstić information content (AvgIpc) is 3.01. The van der Waals surface area contributed by atoms with Crippen LogP contribution in [-0.4, -0.2) is 36.7 Å². The lowest BCUT2D eigenvalue weighted by atomic mass is 9.82. The van der Waals surface area contributed by atoms with Crippen molar-refractivity contribution in [3.8, 4) is 0 Å². The molecule has 1 aliphatic carbocycles. The molecule has 1 aromatic rings. The number of halogens is 1. The third-order valence-corrected chi connectivity index (χ3v) is 5.37. The van der Waals surface area contributed by atoms with Gasteiger partial charge in [-0.05, 0) is 24.5 Å². The Hall–Kier alpha value is -0.650. The van der Waals surface area contributed by atoms with E-state index in [1.54, 1.807) is 0 Å². The van der Waals surface area contributed by atoms with Crippen molar-refractivity contribution in [3.63, 3.8) is 0 Å². The van der Waals surface area contributed by atoms with E-state index in [0.717, 1.165) is 49.7 Å². The van der Waals surface area contributed by atoms with Crippen molar-refractivity contribution in [3.05, 3.63) is 34.9 Å². The lowest BCUT2D eigenvalue weighted by molar-refractivity contribution is -0.0364. The first kappa shape index (κ1) is 15.3. The first-order valence-electron chi connectivity index (χ1n) is 7.81. The molecular formula is C16H24ClN3O. The van der Waals surface area contributed by atoms with Gasteiger partial charge in [0.15, 0.2) is 0 Å². The highest BCUT2D eigenvalue weighted by Gasteiger charge is 2.47. The lowest BCUT2D eigenvalue weighted by Crippen LogP contribution is -2.59. The van der Waals surface area contributed by atoms with Crippen molar-refractivity contribution in [2.45, 2.75) is 37.3 Å². The van der Waals surface area contributed by atoms with E-state index in [1.165, 1.54) is 12.8 Å². The van der Waals surface area contributed by atoms with E-state index in [-0.39, 0.29) is 11.6 Å². The van der Waals surface area contributed by atoms with E-state index < -0.39 is 0 Å². The summed E-state index contributed by atoms with van der Waals surface area (Å²) in [6.07, 6.45) is 4.82. The standard InChI is InChI=1S/C16H24ClN3O/c17-14-6-2-1-5-13(14)15(19-18)16(7-3-4-8-16)20-9-11-21-12-10-20/h1-2,5-6,15,19H,3-4,7-12,18H2. The van der Waals surface area contributed by atoms with Crippen LogP contribution in [0.1, 0.15) is 37.3 Å². The second-order valence-electron chi connectivity index (χ2n) is 6.03. The van der Waals surface area contributed by atoms with Gasteiger partial charge >= 0.3 is 0 Å². The third-order valence-electron chi connectivity index (χ3n) is 5.03. The molecule has 2 fully saturated rings. The summed E-state index contributed by atoms with van der Waals surface area (Å²) in [6.45, 7) is 3.56. The molecule has 1 saturated carbocycles. The molecule has 1 unspecified atom stereocenters. The van der Waals surface area contributed by atoms with Crippen molar-refractivity contribution in [1.29, 1.82) is 0 Å². The Morgan fingerprint density at radius 3 is 2.48 bits per heavy atom. The SMILES string of the molecule is NNC(c1ccccc1Cl)C1(N2CCOCC2)CCCC1. The molecule has 3 rings (SSSR count). The van der Waals surface area contributed by atoms with Crippen LogP contribution < -0.4 is 11.3 Å². The highest BCUT2D eigenvalue weighted by molar-refractivity contribution is 6.31. The van der Waals surface area contributed by atoms with E-state index in [1.807, 2.05) is 18.2 Å². The molecule has 2 aliphatic rings. The number of hydrazine groups is 1. The molecule has 1 atom stereocenters. The van der Waals surface area contributed by atoms with Crippen LogP contribution in [-0.2, 0) is 4.74 Å². The summed E-state index contributed by atoms with van der Waals surface area (Å²) in [5.41, 5.74) is 4.24. The summed E-state index contributed by atoms with van der Waals surface area (Å²) in [7, 11) is 0. The van der Waals surface area contributed by atoms with E-state index >= 15 is 0 Å². The molecule has 1 heterocycles. The smallest absolute Gasteiger partial charge is 0.0658 e. The molecule has 21 heavy (non-hydrogen) atoms. The quantitative estimate of drug-likeness (QED) is 0.663. The third kappa shape index (κ3) is 2.83. The van der Waals surface area contributed by atoms with Gasteiger partial charge in [-0.15, -0.1) is 0 Å². The number of hydrogen-bond acceptors (Lipinski definition) is 4. The normalized spacial score (nSPS) is 24.1. The predicted molar refractivity (Wildman–Crippen MR) is 85.1 cm³/mol. The van der Waals surface area contributed by atoms with Crippen LogP contribution in [0.5, 0.6) is 0 Å². The van der Waals surface area contributed by atoms with Crippen LogP contribution in [0.25, 0.3) is 0 Å². The van der Waals surface area contributed by atoms with Gasteiger partial charge in [-0.3, -0.25) is 16.2 Å². The van der Waals surface area contributed by atoms with Gasteiger partial charge in [0, 0.05) is 23.7 Å². The van der Waals surface area contributed by atoms with Gasteiger partial charge in [0.1, 0.15) is 0 Å². The fourth-order valence-corrected chi connectivity index (χ4v) is 4.27. The topological polar surface area (TPSA) is 50.5 Å². The van der Waals surface area contributed by atoms with E-state index in [0.29, 0.717) is 0 Å². The molecular weight excluding hydrogens is 286 g/mol. The Labute approximate surface area is 131 Å². The molecule has 4 nitrogen and oxygen atoms in total. The number of nitrogens with one attached hydrogen (secondary N) is 1. The largest absolute Gasteiger partial charge is 0.379 e. The zero-order chi connectivity index (χ0) is 14.7. The van der Waals surface area contributed by atoms with Crippen LogP contribution in [0.2, 0.25) is 5.02 Å². The van der Waals surface area contributed by atoms with Crippen molar-refractivity contribution < 1.29 is 4.74 Å². The fraction of sp³-hybridized carbons (Fsp3) is 0.625. The number of rotatable bonds is 4. The van der Waals surface area contributed by atoms with Gasteiger partial charge in [0.2, 0.25) is 0 Å². The molecule has 0 aromatic heterocycles. The Morgan fingerprint density at radius 2 is 1.86 bits per heavy atom. The maximum Gasteiger partial charge on any atom is 0.0658 e. The second kappa shape index (κ2) is 6.63. The Bertz CT molecular complexity index is 470. The van der Waals surface area contributed by atoms with Crippen molar-refractivity contribution in [1.82, 2.24) is 10.3 Å². The van der Waals surface area contributed by atoms with Gasteiger partial charge in [-0.25, -0.2) is 0 Å².